The topological polar surface area (TPSA) is 23.6 Å². The highest BCUT2D eigenvalue weighted by atomic mass is 19.1. The molecule has 0 unspecified atom stereocenters. The molecule has 0 atom stereocenters. The van der Waals surface area contributed by atoms with Gasteiger partial charge in [0.1, 0.15) is 5.82 Å². The first-order chi connectivity index (χ1) is 9.20. The Balaban J connectivity index is 2.00. The van der Waals surface area contributed by atoms with Gasteiger partial charge < -0.3 is 4.90 Å². The number of carbonyl (C=O) groups excluding carboxylic acids is 1. The molecule has 4 heteroatoms. The fourth-order valence-corrected chi connectivity index (χ4v) is 2.24. The maximum Gasteiger partial charge on any atom is 0.253 e. The van der Waals surface area contributed by atoms with Gasteiger partial charge in [0.05, 0.1) is 6.54 Å². The van der Waals surface area contributed by atoms with Crippen LogP contribution in [0.2, 0.25) is 0 Å². The maximum absolute atomic E-state index is 12.8. The number of halogens is 1. The highest BCUT2D eigenvalue weighted by Gasteiger charge is 2.19. The van der Waals surface area contributed by atoms with Gasteiger partial charge >= 0.3 is 0 Å². The first kappa shape index (κ1) is 13.6. The van der Waals surface area contributed by atoms with E-state index in [1.165, 1.54) is 24.3 Å². The van der Waals surface area contributed by atoms with Crippen LogP contribution in [-0.4, -0.2) is 48.4 Å². The zero-order valence-corrected chi connectivity index (χ0v) is 10.8. The molecule has 0 bridgehead atoms. The van der Waals surface area contributed by atoms with Gasteiger partial charge in [-0.1, -0.05) is 5.92 Å². The number of amides is 1. The summed E-state index contributed by atoms with van der Waals surface area (Å²) in [6.07, 6.45) is 6.21. The maximum atomic E-state index is 12.8. The smallest absolute Gasteiger partial charge is 0.253 e. The van der Waals surface area contributed by atoms with Gasteiger partial charge in [0.15, 0.2) is 0 Å². The molecule has 1 amide bonds. The fourth-order valence-electron chi connectivity index (χ4n) is 2.24. The normalized spacial score (nSPS) is 16.7. The van der Waals surface area contributed by atoms with E-state index in [1.807, 2.05) is 4.90 Å². The summed E-state index contributed by atoms with van der Waals surface area (Å²) in [5.41, 5.74) is 0.534. The molecule has 1 saturated heterocycles. The van der Waals surface area contributed by atoms with Crippen molar-refractivity contribution in [3.8, 4) is 12.3 Å². The Bertz CT molecular complexity index is 478. The van der Waals surface area contributed by atoms with Crippen LogP contribution in [0.25, 0.3) is 0 Å². The third kappa shape index (κ3) is 3.55. The summed E-state index contributed by atoms with van der Waals surface area (Å²) in [5.74, 6) is 2.26. The minimum atomic E-state index is -0.326. The van der Waals surface area contributed by atoms with E-state index in [-0.39, 0.29) is 11.7 Å². The Morgan fingerprint density at radius 2 is 1.95 bits per heavy atom. The van der Waals surface area contributed by atoms with Crippen LogP contribution in [0.3, 0.4) is 0 Å². The van der Waals surface area contributed by atoms with Crippen LogP contribution in [0.15, 0.2) is 24.3 Å². The van der Waals surface area contributed by atoms with Crippen molar-refractivity contribution in [3.05, 3.63) is 35.6 Å². The number of carbonyl (C=O) groups is 1. The van der Waals surface area contributed by atoms with Crippen molar-refractivity contribution in [1.29, 1.82) is 0 Å². The molecule has 0 N–H and O–H groups in total. The summed E-state index contributed by atoms with van der Waals surface area (Å²) in [4.78, 5) is 16.2. The van der Waals surface area contributed by atoms with Gasteiger partial charge in [-0.3, -0.25) is 9.69 Å². The van der Waals surface area contributed by atoms with Crippen molar-refractivity contribution in [2.45, 2.75) is 6.42 Å². The third-order valence-electron chi connectivity index (χ3n) is 3.28. The van der Waals surface area contributed by atoms with E-state index in [4.69, 9.17) is 6.42 Å². The van der Waals surface area contributed by atoms with E-state index in [0.29, 0.717) is 18.7 Å². The second kappa shape index (κ2) is 6.35. The first-order valence-corrected chi connectivity index (χ1v) is 6.41. The molecule has 2 rings (SSSR count). The molecule has 1 aromatic rings. The summed E-state index contributed by atoms with van der Waals surface area (Å²) < 4.78 is 12.8. The predicted molar refractivity (Wildman–Crippen MR) is 72.2 cm³/mol. The van der Waals surface area contributed by atoms with Gasteiger partial charge in [-0.25, -0.2) is 4.39 Å². The molecule has 0 saturated carbocycles. The third-order valence-corrected chi connectivity index (χ3v) is 3.28. The molecule has 1 aliphatic rings. The minimum absolute atomic E-state index is 0.0393. The van der Waals surface area contributed by atoms with Gasteiger partial charge in [-0.2, -0.15) is 0 Å². The molecular formula is C15H17FN2O. The lowest BCUT2D eigenvalue weighted by Crippen LogP contribution is -2.35. The summed E-state index contributed by atoms with van der Waals surface area (Å²) in [6.45, 7) is 3.71. The van der Waals surface area contributed by atoms with Gasteiger partial charge in [-0.15, -0.1) is 6.42 Å². The van der Waals surface area contributed by atoms with Gasteiger partial charge in [-0.05, 0) is 30.7 Å². The molecule has 1 aliphatic heterocycles. The lowest BCUT2D eigenvalue weighted by atomic mass is 10.2. The van der Waals surface area contributed by atoms with Crippen LogP contribution in [0.1, 0.15) is 16.8 Å². The molecule has 0 aromatic heterocycles. The monoisotopic (exact) mass is 260 g/mol. The molecule has 100 valence electrons. The Labute approximate surface area is 113 Å². The van der Waals surface area contributed by atoms with Crippen LogP contribution in [0, 0.1) is 18.2 Å². The highest BCUT2D eigenvalue weighted by molar-refractivity contribution is 5.94. The molecular weight excluding hydrogens is 243 g/mol. The number of rotatable bonds is 2. The van der Waals surface area contributed by atoms with Crippen molar-refractivity contribution in [3.63, 3.8) is 0 Å². The molecule has 0 spiro atoms. The lowest BCUT2D eigenvalue weighted by molar-refractivity contribution is 0.0762. The Morgan fingerprint density at radius 3 is 2.63 bits per heavy atom. The zero-order chi connectivity index (χ0) is 13.7. The highest BCUT2D eigenvalue weighted by Crippen LogP contribution is 2.10. The van der Waals surface area contributed by atoms with Crippen molar-refractivity contribution in [2.75, 3.05) is 32.7 Å². The van der Waals surface area contributed by atoms with E-state index in [2.05, 4.69) is 10.8 Å². The van der Waals surface area contributed by atoms with E-state index >= 15 is 0 Å². The summed E-state index contributed by atoms with van der Waals surface area (Å²) in [5, 5.41) is 0. The Kier molecular flexibility index (Phi) is 4.53. The second-order valence-electron chi connectivity index (χ2n) is 4.63. The largest absolute Gasteiger partial charge is 0.337 e. The molecule has 1 heterocycles. The van der Waals surface area contributed by atoms with E-state index < -0.39 is 0 Å². The molecule has 0 aliphatic carbocycles. The second-order valence-corrected chi connectivity index (χ2v) is 4.63. The van der Waals surface area contributed by atoms with Crippen molar-refractivity contribution >= 4 is 5.91 Å². The molecule has 1 fully saturated rings. The van der Waals surface area contributed by atoms with Crippen LogP contribution in [0.4, 0.5) is 4.39 Å². The number of hydrogen-bond donors (Lipinski definition) is 0. The quantitative estimate of drug-likeness (QED) is 0.754. The van der Waals surface area contributed by atoms with Crippen LogP contribution in [0.5, 0.6) is 0 Å². The molecule has 1 aromatic carbocycles. The van der Waals surface area contributed by atoms with Crippen molar-refractivity contribution in [1.82, 2.24) is 9.80 Å². The van der Waals surface area contributed by atoms with E-state index in [0.717, 1.165) is 26.1 Å². The standard InChI is InChI=1S/C15H17FN2O/c1-2-8-17-9-3-10-18(12-11-17)15(19)13-4-6-14(16)7-5-13/h1,4-7H,3,8-12H2. The van der Waals surface area contributed by atoms with Crippen molar-refractivity contribution in [2.24, 2.45) is 0 Å². The van der Waals surface area contributed by atoms with Crippen molar-refractivity contribution < 1.29 is 9.18 Å². The minimum Gasteiger partial charge on any atom is -0.337 e. The van der Waals surface area contributed by atoms with Crippen LogP contribution in [-0.2, 0) is 0 Å². The zero-order valence-electron chi connectivity index (χ0n) is 10.8. The molecule has 3 nitrogen and oxygen atoms in total. The SMILES string of the molecule is C#CCN1CCCN(C(=O)c2ccc(F)cc2)CC1. The number of terminal acetylenes is 1. The van der Waals surface area contributed by atoms with E-state index in [1.54, 1.807) is 0 Å². The van der Waals surface area contributed by atoms with Crippen LogP contribution >= 0.6 is 0 Å². The first-order valence-electron chi connectivity index (χ1n) is 6.41. The van der Waals surface area contributed by atoms with Crippen LogP contribution < -0.4 is 0 Å². The average Bonchev–Trinajstić information content (AvgIpc) is 2.65. The fraction of sp³-hybridized carbons (Fsp3) is 0.400. The number of nitrogens with zero attached hydrogens (tertiary/aromatic N) is 2. The lowest BCUT2D eigenvalue weighted by Gasteiger charge is -2.21. The molecule has 0 radical (unpaired) electrons. The summed E-state index contributed by atoms with van der Waals surface area (Å²) >= 11 is 0. The number of benzene rings is 1. The Hall–Kier alpha value is -1.86. The van der Waals surface area contributed by atoms with Gasteiger partial charge in [0.2, 0.25) is 0 Å². The van der Waals surface area contributed by atoms with Gasteiger partial charge in [0, 0.05) is 31.7 Å². The summed E-state index contributed by atoms with van der Waals surface area (Å²) in [6, 6.07) is 5.69. The Morgan fingerprint density at radius 1 is 1.21 bits per heavy atom. The number of hydrogen-bond acceptors (Lipinski definition) is 2. The van der Waals surface area contributed by atoms with Gasteiger partial charge in [0.25, 0.3) is 5.91 Å². The van der Waals surface area contributed by atoms with E-state index in [9.17, 15) is 9.18 Å². The predicted octanol–water partition coefficient (Wildman–Crippen LogP) is 1.61. The summed E-state index contributed by atoms with van der Waals surface area (Å²) in [7, 11) is 0. The molecule has 19 heavy (non-hydrogen) atoms. The average molecular weight is 260 g/mol.